The molecule has 0 fully saturated rings. The van der Waals surface area contributed by atoms with Crippen LogP contribution in [0, 0.1) is 0 Å². The molecule has 2 heterocycles. The zero-order valence-corrected chi connectivity index (χ0v) is 18.0. The Morgan fingerprint density at radius 2 is 2.03 bits per heavy atom. The Morgan fingerprint density at radius 1 is 1.22 bits per heavy atom. The van der Waals surface area contributed by atoms with Gasteiger partial charge in [-0.3, -0.25) is 5.32 Å². The molecular formula is C20H15ClF3N5O2S. The summed E-state index contributed by atoms with van der Waals surface area (Å²) in [4.78, 5) is 16.6. The third-order valence-electron chi connectivity index (χ3n) is 4.37. The summed E-state index contributed by atoms with van der Waals surface area (Å²) < 4.78 is 46.7. The molecule has 0 saturated heterocycles. The molecule has 2 aromatic carbocycles. The number of hydrogen-bond acceptors (Lipinski definition) is 5. The number of nitrogens with one attached hydrogen (secondary N) is 2. The number of anilines is 1. The molecule has 12 heteroatoms. The van der Waals surface area contributed by atoms with Crippen LogP contribution in [0.3, 0.4) is 0 Å². The van der Waals surface area contributed by atoms with Gasteiger partial charge in [0, 0.05) is 5.02 Å². The Balaban J connectivity index is 1.51. The first kappa shape index (κ1) is 21.9. The molecule has 7 nitrogen and oxygen atoms in total. The van der Waals surface area contributed by atoms with E-state index in [4.69, 9.17) is 16.3 Å². The molecule has 0 bridgehead atoms. The average Bonchev–Trinajstić information content (AvgIpc) is 3.35. The molecule has 0 unspecified atom stereocenters. The van der Waals surface area contributed by atoms with Crippen molar-refractivity contribution in [2.45, 2.75) is 12.7 Å². The second-order valence-electron chi connectivity index (χ2n) is 6.57. The van der Waals surface area contributed by atoms with E-state index in [2.05, 4.69) is 20.7 Å². The summed E-state index contributed by atoms with van der Waals surface area (Å²) in [7, 11) is 1.55. The number of halogens is 4. The quantitative estimate of drug-likeness (QED) is 0.395. The van der Waals surface area contributed by atoms with Crippen LogP contribution >= 0.6 is 22.9 Å². The van der Waals surface area contributed by atoms with Crippen molar-refractivity contribution in [3.63, 3.8) is 0 Å². The molecule has 4 rings (SSSR count). The third-order valence-corrected chi connectivity index (χ3v) is 5.54. The van der Waals surface area contributed by atoms with Crippen molar-refractivity contribution >= 4 is 44.3 Å². The number of thiazole rings is 1. The van der Waals surface area contributed by atoms with Crippen LogP contribution in [-0.4, -0.2) is 27.9 Å². The zero-order chi connectivity index (χ0) is 22.9. The Labute approximate surface area is 188 Å². The van der Waals surface area contributed by atoms with Crippen LogP contribution in [0.2, 0.25) is 5.02 Å². The standard InChI is InChI=1S/C20H15ClF3N5O2S/c1-31-14-5-6-15-16(9-14)32-19(26-15)27-18(30)25-10-13-8-17(20(22,23)24)28-29(13)12-4-2-3-11(21)7-12/h2-9H,10H2,1H3,(H2,25,26,27,30). The SMILES string of the molecule is COc1ccc2nc(NC(=O)NCc3cc(C(F)(F)F)nn3-c3cccc(Cl)c3)sc2c1. The van der Waals surface area contributed by atoms with Gasteiger partial charge >= 0.3 is 12.2 Å². The van der Waals surface area contributed by atoms with Crippen molar-refractivity contribution in [2.24, 2.45) is 0 Å². The third kappa shape index (κ3) is 4.78. The number of hydrogen-bond donors (Lipinski definition) is 2. The van der Waals surface area contributed by atoms with E-state index >= 15 is 0 Å². The lowest BCUT2D eigenvalue weighted by atomic mass is 10.3. The molecule has 0 saturated carbocycles. The zero-order valence-electron chi connectivity index (χ0n) is 16.4. The lowest BCUT2D eigenvalue weighted by Gasteiger charge is -2.09. The molecule has 166 valence electrons. The van der Waals surface area contributed by atoms with E-state index < -0.39 is 17.9 Å². The summed E-state index contributed by atoms with van der Waals surface area (Å²) in [5.41, 5.74) is 0.0730. The normalized spacial score (nSPS) is 11.5. The second-order valence-corrected chi connectivity index (χ2v) is 8.04. The van der Waals surface area contributed by atoms with E-state index in [0.29, 0.717) is 27.1 Å². The first-order valence-corrected chi connectivity index (χ1v) is 10.3. The van der Waals surface area contributed by atoms with E-state index in [1.54, 1.807) is 43.5 Å². The van der Waals surface area contributed by atoms with E-state index in [-0.39, 0.29) is 12.2 Å². The number of amides is 2. The maximum Gasteiger partial charge on any atom is 0.435 e. The van der Waals surface area contributed by atoms with E-state index in [0.717, 1.165) is 15.4 Å². The van der Waals surface area contributed by atoms with Crippen LogP contribution in [0.15, 0.2) is 48.5 Å². The monoisotopic (exact) mass is 481 g/mol. The largest absolute Gasteiger partial charge is 0.497 e. The summed E-state index contributed by atoms with van der Waals surface area (Å²) in [6.45, 7) is -0.208. The van der Waals surface area contributed by atoms with Crippen LogP contribution in [0.1, 0.15) is 11.4 Å². The lowest BCUT2D eigenvalue weighted by Crippen LogP contribution is -2.29. The van der Waals surface area contributed by atoms with Gasteiger partial charge in [0.2, 0.25) is 0 Å². The molecule has 2 aromatic heterocycles. The summed E-state index contributed by atoms with van der Waals surface area (Å²) in [5.74, 6) is 0.659. The van der Waals surface area contributed by atoms with E-state index in [1.165, 1.54) is 17.4 Å². The molecule has 32 heavy (non-hydrogen) atoms. The number of fused-ring (bicyclic) bond motifs is 1. The highest BCUT2D eigenvalue weighted by atomic mass is 35.5. The number of carbonyl (C=O) groups is 1. The van der Waals surface area contributed by atoms with Gasteiger partial charge in [0.15, 0.2) is 10.8 Å². The maximum absolute atomic E-state index is 13.2. The Kier molecular flexibility index (Phi) is 5.94. The first-order valence-electron chi connectivity index (χ1n) is 9.14. The number of methoxy groups -OCH3 is 1. The van der Waals surface area contributed by atoms with Gasteiger partial charge in [-0.05, 0) is 42.5 Å². The van der Waals surface area contributed by atoms with Crippen LogP contribution in [-0.2, 0) is 12.7 Å². The minimum atomic E-state index is -4.64. The predicted octanol–water partition coefficient (Wildman–Crippen LogP) is 5.48. The highest BCUT2D eigenvalue weighted by Crippen LogP contribution is 2.31. The van der Waals surface area contributed by atoms with Gasteiger partial charge in [-0.15, -0.1) is 0 Å². The fraction of sp³-hybridized carbons (Fsp3) is 0.150. The molecule has 4 aromatic rings. The van der Waals surface area contributed by atoms with Crippen molar-refractivity contribution in [1.29, 1.82) is 0 Å². The maximum atomic E-state index is 13.2. The molecule has 0 spiro atoms. The topological polar surface area (TPSA) is 81.1 Å². The highest BCUT2D eigenvalue weighted by molar-refractivity contribution is 7.22. The average molecular weight is 482 g/mol. The Bertz CT molecular complexity index is 1290. The van der Waals surface area contributed by atoms with E-state index in [9.17, 15) is 18.0 Å². The molecule has 0 radical (unpaired) electrons. The first-order chi connectivity index (χ1) is 15.2. The van der Waals surface area contributed by atoms with Crippen molar-refractivity contribution in [1.82, 2.24) is 20.1 Å². The minimum absolute atomic E-state index is 0.128. The highest BCUT2D eigenvalue weighted by Gasteiger charge is 2.35. The molecule has 0 aliphatic heterocycles. The lowest BCUT2D eigenvalue weighted by molar-refractivity contribution is -0.141. The van der Waals surface area contributed by atoms with Crippen LogP contribution in [0.4, 0.5) is 23.1 Å². The fourth-order valence-corrected chi connectivity index (χ4v) is 3.99. The Hall–Kier alpha value is -3.31. The van der Waals surface area contributed by atoms with Gasteiger partial charge in [0.25, 0.3) is 0 Å². The molecule has 2 N–H and O–H groups in total. The smallest absolute Gasteiger partial charge is 0.435 e. The number of rotatable bonds is 5. The number of nitrogens with zero attached hydrogens (tertiary/aromatic N) is 3. The van der Waals surface area contributed by atoms with Gasteiger partial charge in [0.05, 0.1) is 35.3 Å². The number of benzene rings is 2. The van der Waals surface area contributed by atoms with Crippen LogP contribution in [0.25, 0.3) is 15.9 Å². The number of alkyl halides is 3. The van der Waals surface area contributed by atoms with Crippen molar-refractivity contribution < 1.29 is 22.7 Å². The summed E-state index contributed by atoms with van der Waals surface area (Å²) >= 11 is 7.20. The van der Waals surface area contributed by atoms with Crippen molar-refractivity contribution in [3.8, 4) is 11.4 Å². The summed E-state index contributed by atoms with van der Waals surface area (Å²) in [6, 6.07) is 11.8. The fourth-order valence-electron chi connectivity index (χ4n) is 2.91. The van der Waals surface area contributed by atoms with Gasteiger partial charge < -0.3 is 10.1 Å². The van der Waals surface area contributed by atoms with Crippen LogP contribution in [0.5, 0.6) is 5.75 Å². The molecular weight excluding hydrogens is 467 g/mol. The molecule has 0 aliphatic carbocycles. The number of urea groups is 1. The van der Waals surface area contributed by atoms with Gasteiger partial charge in [-0.25, -0.2) is 14.5 Å². The minimum Gasteiger partial charge on any atom is -0.497 e. The van der Waals surface area contributed by atoms with Gasteiger partial charge in [-0.1, -0.05) is 29.0 Å². The number of aromatic nitrogens is 3. The van der Waals surface area contributed by atoms with Crippen molar-refractivity contribution in [3.05, 3.63) is 64.9 Å². The van der Waals surface area contributed by atoms with Gasteiger partial charge in [-0.2, -0.15) is 18.3 Å². The molecule has 0 aliphatic rings. The van der Waals surface area contributed by atoms with E-state index in [1.807, 2.05) is 0 Å². The van der Waals surface area contributed by atoms with Crippen molar-refractivity contribution in [2.75, 3.05) is 12.4 Å². The summed E-state index contributed by atoms with van der Waals surface area (Å²) in [5, 5.41) is 9.44. The van der Waals surface area contributed by atoms with Crippen LogP contribution < -0.4 is 15.4 Å². The number of carbonyl (C=O) groups excluding carboxylic acids is 1. The summed E-state index contributed by atoms with van der Waals surface area (Å²) in [6.07, 6.45) is -4.64. The molecule has 0 atom stereocenters. The second kappa shape index (κ2) is 8.67. The van der Waals surface area contributed by atoms with Gasteiger partial charge in [0.1, 0.15) is 5.75 Å². The number of ether oxygens (including phenoxy) is 1. The molecule has 2 amide bonds. The predicted molar refractivity (Wildman–Crippen MR) is 116 cm³/mol. The Morgan fingerprint density at radius 3 is 2.75 bits per heavy atom.